The van der Waals surface area contributed by atoms with Crippen LogP contribution >= 0.6 is 23.4 Å². The van der Waals surface area contributed by atoms with Gasteiger partial charge in [0.05, 0.1) is 5.75 Å². The Morgan fingerprint density at radius 3 is 2.43 bits per heavy atom. The fourth-order valence-corrected chi connectivity index (χ4v) is 3.72. The van der Waals surface area contributed by atoms with Crippen molar-refractivity contribution in [1.82, 2.24) is 24.9 Å². The SMILES string of the molecule is CCn1c(SCc2nc(-c3ccc(C)cc3)no2)nnc1-c1ccc(Cl)cc1. The Balaban J connectivity index is 1.49. The molecule has 0 spiro atoms. The molecular weight excluding hydrogens is 394 g/mol. The van der Waals surface area contributed by atoms with Gasteiger partial charge >= 0.3 is 0 Å². The van der Waals surface area contributed by atoms with E-state index >= 15 is 0 Å². The maximum atomic E-state index is 5.98. The summed E-state index contributed by atoms with van der Waals surface area (Å²) >= 11 is 7.50. The number of aromatic nitrogens is 5. The third kappa shape index (κ3) is 3.95. The summed E-state index contributed by atoms with van der Waals surface area (Å²) in [7, 11) is 0. The molecule has 0 atom stereocenters. The van der Waals surface area contributed by atoms with Crippen molar-refractivity contribution >= 4 is 23.4 Å². The lowest BCUT2D eigenvalue weighted by atomic mass is 10.1. The molecule has 2 aromatic carbocycles. The van der Waals surface area contributed by atoms with Gasteiger partial charge in [0.15, 0.2) is 11.0 Å². The van der Waals surface area contributed by atoms with E-state index in [1.54, 1.807) is 0 Å². The molecule has 0 amide bonds. The summed E-state index contributed by atoms with van der Waals surface area (Å²) in [6, 6.07) is 15.6. The molecule has 0 unspecified atom stereocenters. The van der Waals surface area contributed by atoms with Crippen molar-refractivity contribution in [3.05, 3.63) is 65.0 Å². The van der Waals surface area contributed by atoms with Gasteiger partial charge in [0.25, 0.3) is 0 Å². The molecule has 0 bridgehead atoms. The molecule has 2 heterocycles. The topological polar surface area (TPSA) is 69.6 Å². The maximum Gasteiger partial charge on any atom is 0.237 e. The van der Waals surface area contributed by atoms with E-state index in [9.17, 15) is 0 Å². The van der Waals surface area contributed by atoms with E-state index in [4.69, 9.17) is 16.1 Å². The number of rotatable bonds is 6. The molecule has 0 N–H and O–H groups in total. The lowest BCUT2D eigenvalue weighted by Gasteiger charge is -2.06. The molecule has 4 aromatic rings. The molecule has 28 heavy (non-hydrogen) atoms. The summed E-state index contributed by atoms with van der Waals surface area (Å²) in [5.74, 6) is 2.48. The van der Waals surface area contributed by atoms with Gasteiger partial charge in [0, 0.05) is 22.7 Å². The first kappa shape index (κ1) is 18.7. The van der Waals surface area contributed by atoms with Crippen molar-refractivity contribution in [2.75, 3.05) is 0 Å². The molecule has 0 saturated heterocycles. The zero-order chi connectivity index (χ0) is 19.5. The summed E-state index contributed by atoms with van der Waals surface area (Å²) < 4.78 is 7.46. The van der Waals surface area contributed by atoms with Crippen LogP contribution in [0.15, 0.2) is 58.2 Å². The molecule has 0 radical (unpaired) electrons. The Morgan fingerprint density at radius 2 is 1.71 bits per heavy atom. The van der Waals surface area contributed by atoms with Gasteiger partial charge in [0.1, 0.15) is 0 Å². The Labute approximate surface area is 172 Å². The van der Waals surface area contributed by atoms with Crippen LogP contribution in [-0.2, 0) is 12.3 Å². The third-order valence-electron chi connectivity index (χ3n) is 4.24. The highest BCUT2D eigenvalue weighted by Crippen LogP contribution is 2.27. The highest BCUT2D eigenvalue weighted by Gasteiger charge is 2.15. The second-order valence-corrected chi connectivity index (χ2v) is 7.60. The van der Waals surface area contributed by atoms with Crippen molar-refractivity contribution in [3.63, 3.8) is 0 Å². The van der Waals surface area contributed by atoms with Crippen molar-refractivity contribution < 1.29 is 4.52 Å². The number of aryl methyl sites for hydroxylation is 1. The van der Waals surface area contributed by atoms with Gasteiger partial charge in [-0.05, 0) is 38.1 Å². The van der Waals surface area contributed by atoms with Crippen LogP contribution in [0.5, 0.6) is 0 Å². The molecule has 4 rings (SSSR count). The van der Waals surface area contributed by atoms with E-state index in [0.717, 1.165) is 28.7 Å². The average Bonchev–Trinajstić information content (AvgIpc) is 3.34. The minimum absolute atomic E-state index is 0.525. The summed E-state index contributed by atoms with van der Waals surface area (Å²) in [4.78, 5) is 4.48. The smallest absolute Gasteiger partial charge is 0.237 e. The molecule has 8 heteroatoms. The number of nitrogens with zero attached hydrogens (tertiary/aromatic N) is 5. The van der Waals surface area contributed by atoms with Crippen LogP contribution in [-0.4, -0.2) is 24.9 Å². The second kappa shape index (κ2) is 8.16. The fourth-order valence-electron chi connectivity index (χ4n) is 2.75. The lowest BCUT2D eigenvalue weighted by molar-refractivity contribution is 0.391. The van der Waals surface area contributed by atoms with E-state index in [2.05, 4.69) is 31.8 Å². The van der Waals surface area contributed by atoms with Gasteiger partial charge in [-0.3, -0.25) is 0 Å². The van der Waals surface area contributed by atoms with E-state index in [1.807, 2.05) is 55.5 Å². The normalized spacial score (nSPS) is 11.1. The predicted molar refractivity (Wildman–Crippen MR) is 110 cm³/mol. The largest absolute Gasteiger partial charge is 0.338 e. The number of hydrogen-bond donors (Lipinski definition) is 0. The minimum Gasteiger partial charge on any atom is -0.338 e. The van der Waals surface area contributed by atoms with Crippen molar-refractivity contribution in [2.45, 2.75) is 31.3 Å². The van der Waals surface area contributed by atoms with Crippen LogP contribution in [0, 0.1) is 6.92 Å². The van der Waals surface area contributed by atoms with Crippen LogP contribution in [0.25, 0.3) is 22.8 Å². The Kier molecular flexibility index (Phi) is 5.45. The van der Waals surface area contributed by atoms with Crippen molar-refractivity contribution in [2.24, 2.45) is 0 Å². The monoisotopic (exact) mass is 411 g/mol. The first-order valence-electron chi connectivity index (χ1n) is 8.85. The predicted octanol–water partition coefficient (Wildman–Crippen LogP) is 5.27. The van der Waals surface area contributed by atoms with Crippen LogP contribution < -0.4 is 0 Å². The van der Waals surface area contributed by atoms with E-state index < -0.39 is 0 Å². The molecule has 6 nitrogen and oxygen atoms in total. The van der Waals surface area contributed by atoms with E-state index in [1.165, 1.54) is 17.3 Å². The van der Waals surface area contributed by atoms with Gasteiger partial charge in [-0.15, -0.1) is 10.2 Å². The van der Waals surface area contributed by atoms with Crippen LogP contribution in [0.3, 0.4) is 0 Å². The first-order valence-corrected chi connectivity index (χ1v) is 10.2. The first-order chi connectivity index (χ1) is 13.6. The fraction of sp³-hybridized carbons (Fsp3) is 0.200. The average molecular weight is 412 g/mol. The maximum absolute atomic E-state index is 5.98. The molecule has 142 valence electrons. The lowest BCUT2D eigenvalue weighted by Crippen LogP contribution is -1.99. The number of halogens is 1. The molecule has 2 aromatic heterocycles. The summed E-state index contributed by atoms with van der Waals surface area (Å²) in [6.45, 7) is 4.87. The molecule has 0 fully saturated rings. The van der Waals surface area contributed by atoms with Gasteiger partial charge < -0.3 is 9.09 Å². The van der Waals surface area contributed by atoms with E-state index in [-0.39, 0.29) is 0 Å². The number of hydrogen-bond acceptors (Lipinski definition) is 6. The van der Waals surface area contributed by atoms with Gasteiger partial charge in [-0.25, -0.2) is 0 Å². The number of thioether (sulfide) groups is 1. The number of benzene rings is 2. The zero-order valence-corrected chi connectivity index (χ0v) is 17.0. The molecule has 0 saturated carbocycles. The highest BCUT2D eigenvalue weighted by molar-refractivity contribution is 7.98. The Morgan fingerprint density at radius 1 is 1.00 bits per heavy atom. The van der Waals surface area contributed by atoms with Crippen LogP contribution in [0.4, 0.5) is 0 Å². The molecular formula is C20H18ClN5OS. The quantitative estimate of drug-likeness (QED) is 0.402. The zero-order valence-electron chi connectivity index (χ0n) is 15.5. The summed E-state index contributed by atoms with van der Waals surface area (Å²) in [6.07, 6.45) is 0. The second-order valence-electron chi connectivity index (χ2n) is 6.22. The van der Waals surface area contributed by atoms with Crippen molar-refractivity contribution in [3.8, 4) is 22.8 Å². The summed E-state index contributed by atoms with van der Waals surface area (Å²) in [5, 5.41) is 14.3. The standard InChI is InChI=1S/C20H18ClN5OS/c1-3-26-19(15-8-10-16(21)11-9-15)23-24-20(26)28-12-17-22-18(25-27-17)14-6-4-13(2)5-7-14/h4-11H,3,12H2,1-2H3. The van der Waals surface area contributed by atoms with Crippen LogP contribution in [0.2, 0.25) is 5.02 Å². The van der Waals surface area contributed by atoms with Gasteiger partial charge in [0.2, 0.25) is 11.7 Å². The highest BCUT2D eigenvalue weighted by atomic mass is 35.5. The Hall–Kier alpha value is -2.64. The molecule has 0 aliphatic carbocycles. The van der Waals surface area contributed by atoms with Crippen molar-refractivity contribution in [1.29, 1.82) is 0 Å². The van der Waals surface area contributed by atoms with Crippen LogP contribution in [0.1, 0.15) is 18.4 Å². The Bertz CT molecular complexity index is 1070. The summed E-state index contributed by atoms with van der Waals surface area (Å²) in [5.41, 5.74) is 3.11. The van der Waals surface area contributed by atoms with Gasteiger partial charge in [-0.1, -0.05) is 58.3 Å². The molecule has 0 aliphatic rings. The molecule has 0 aliphatic heterocycles. The minimum atomic E-state index is 0.525. The van der Waals surface area contributed by atoms with E-state index in [0.29, 0.717) is 22.5 Å². The third-order valence-corrected chi connectivity index (χ3v) is 5.44. The van der Waals surface area contributed by atoms with Gasteiger partial charge in [-0.2, -0.15) is 4.98 Å².